The standard InChI is InChI=1S/C53H31N3O/c1-2-15-34-31-35(26-25-32(34)13-1)49-39-19-7-11-23-45(39)54-52(55-49)56-46-30-29-44-51(48(46)40-28-27-33-14-3-4-16-36(33)50(40)56)57-47-24-12-10-22-43(47)53(44)41-20-8-5-17-37(41)38-18-6-9-21-42(38)53/h1-31H. The molecule has 0 N–H and O–H groups in total. The molecule has 1 aliphatic heterocycles. The van der Waals surface area contributed by atoms with E-state index in [1.807, 2.05) is 0 Å². The van der Waals surface area contributed by atoms with Gasteiger partial charge in [-0.25, -0.2) is 9.97 Å². The lowest BCUT2D eigenvalue weighted by molar-refractivity contribution is 0.442. The lowest BCUT2D eigenvalue weighted by Crippen LogP contribution is -2.32. The number of rotatable bonds is 2. The molecular weight excluding hydrogens is 695 g/mol. The highest BCUT2D eigenvalue weighted by Crippen LogP contribution is 2.63. The highest BCUT2D eigenvalue weighted by molar-refractivity contribution is 6.21. The second kappa shape index (κ2) is 11.2. The van der Waals surface area contributed by atoms with E-state index in [9.17, 15) is 0 Å². The van der Waals surface area contributed by atoms with E-state index in [1.54, 1.807) is 0 Å². The molecule has 4 nitrogen and oxygen atoms in total. The molecule has 0 saturated carbocycles. The minimum absolute atomic E-state index is 0.570. The summed E-state index contributed by atoms with van der Waals surface area (Å²) in [5.41, 5.74) is 11.7. The number of hydrogen-bond acceptors (Lipinski definition) is 3. The molecule has 4 heteroatoms. The zero-order valence-electron chi connectivity index (χ0n) is 30.6. The van der Waals surface area contributed by atoms with Gasteiger partial charge in [-0.2, -0.15) is 0 Å². The van der Waals surface area contributed by atoms with Gasteiger partial charge < -0.3 is 4.74 Å². The second-order valence-electron chi connectivity index (χ2n) is 15.2. The third kappa shape index (κ3) is 4.01. The fourth-order valence-electron chi connectivity index (χ4n) is 10.1. The van der Waals surface area contributed by atoms with Crippen LogP contribution in [0.2, 0.25) is 0 Å². The van der Waals surface area contributed by atoms with E-state index in [0.29, 0.717) is 5.95 Å². The van der Waals surface area contributed by atoms with Crippen molar-refractivity contribution in [1.29, 1.82) is 0 Å². The number of para-hydroxylation sites is 2. The van der Waals surface area contributed by atoms with Crippen LogP contribution in [-0.4, -0.2) is 14.5 Å². The molecule has 1 aliphatic carbocycles. The van der Waals surface area contributed by atoms with Gasteiger partial charge >= 0.3 is 0 Å². The van der Waals surface area contributed by atoms with Gasteiger partial charge in [-0.05, 0) is 62.7 Å². The third-order valence-corrected chi connectivity index (χ3v) is 12.4. The number of fused-ring (bicyclic) bond motifs is 17. The molecule has 57 heavy (non-hydrogen) atoms. The Morgan fingerprint density at radius 2 is 1.11 bits per heavy atom. The van der Waals surface area contributed by atoms with Crippen molar-refractivity contribution in [1.82, 2.24) is 14.5 Å². The van der Waals surface area contributed by atoms with E-state index in [1.165, 1.54) is 33.0 Å². The average Bonchev–Trinajstić information content (AvgIpc) is 3.78. The van der Waals surface area contributed by atoms with E-state index in [-0.39, 0.29) is 0 Å². The van der Waals surface area contributed by atoms with Crippen molar-refractivity contribution in [2.45, 2.75) is 5.41 Å². The van der Waals surface area contributed by atoms with Gasteiger partial charge in [0.05, 0.1) is 33.0 Å². The van der Waals surface area contributed by atoms with Crippen LogP contribution in [0.1, 0.15) is 22.3 Å². The van der Waals surface area contributed by atoms with Gasteiger partial charge in [-0.1, -0.05) is 164 Å². The van der Waals surface area contributed by atoms with E-state index < -0.39 is 5.41 Å². The van der Waals surface area contributed by atoms with Crippen LogP contribution in [-0.2, 0) is 5.41 Å². The van der Waals surface area contributed by atoms with Crippen LogP contribution in [0.3, 0.4) is 0 Å². The maximum Gasteiger partial charge on any atom is 0.235 e. The maximum absolute atomic E-state index is 7.23. The largest absolute Gasteiger partial charge is 0.456 e. The van der Waals surface area contributed by atoms with Crippen molar-refractivity contribution in [3.63, 3.8) is 0 Å². The highest BCUT2D eigenvalue weighted by Gasteiger charge is 2.51. The van der Waals surface area contributed by atoms with Crippen LogP contribution in [0.5, 0.6) is 11.5 Å². The number of nitrogens with zero attached hydrogens (tertiary/aromatic N) is 3. The van der Waals surface area contributed by atoms with Crippen LogP contribution in [0.25, 0.3) is 82.6 Å². The van der Waals surface area contributed by atoms with Crippen LogP contribution in [0.4, 0.5) is 0 Å². The first-order valence-corrected chi connectivity index (χ1v) is 19.5. The molecule has 1 spiro atoms. The van der Waals surface area contributed by atoms with Crippen LogP contribution < -0.4 is 4.74 Å². The SMILES string of the molecule is c1ccc2c(c1)Oc1c(ccc3c1c1ccc4ccccc4c1n3-c1nc(-c3ccc4ccccc4c3)c3ccccc3n1)C21c2ccccc2-c2ccccc21. The normalized spacial score (nSPS) is 13.5. The molecule has 11 aromatic rings. The van der Waals surface area contributed by atoms with Gasteiger partial charge in [0, 0.05) is 32.8 Å². The molecule has 2 aliphatic rings. The van der Waals surface area contributed by atoms with Gasteiger partial charge in [-0.3, -0.25) is 4.57 Å². The van der Waals surface area contributed by atoms with Crippen LogP contribution >= 0.6 is 0 Å². The third-order valence-electron chi connectivity index (χ3n) is 12.4. The summed E-state index contributed by atoms with van der Waals surface area (Å²) in [6.45, 7) is 0. The van der Waals surface area contributed by atoms with E-state index in [2.05, 4.69) is 193 Å². The summed E-state index contributed by atoms with van der Waals surface area (Å²) < 4.78 is 9.50. The molecule has 0 radical (unpaired) electrons. The summed E-state index contributed by atoms with van der Waals surface area (Å²) in [5.74, 6) is 2.36. The molecule has 264 valence electrons. The zero-order chi connectivity index (χ0) is 37.2. The van der Waals surface area contributed by atoms with Crippen molar-refractivity contribution >= 4 is 54.3 Å². The van der Waals surface area contributed by atoms with Crippen molar-refractivity contribution < 1.29 is 4.74 Å². The van der Waals surface area contributed by atoms with E-state index in [4.69, 9.17) is 14.7 Å². The molecule has 0 unspecified atom stereocenters. The smallest absolute Gasteiger partial charge is 0.235 e. The summed E-state index contributed by atoms with van der Waals surface area (Å²) in [4.78, 5) is 10.9. The molecule has 13 rings (SSSR count). The van der Waals surface area contributed by atoms with Crippen molar-refractivity contribution in [3.8, 4) is 39.8 Å². The number of aromatic nitrogens is 3. The van der Waals surface area contributed by atoms with Crippen LogP contribution in [0.15, 0.2) is 188 Å². The molecule has 0 amide bonds. The predicted octanol–water partition coefficient (Wildman–Crippen LogP) is 13.2. The molecule has 0 bridgehead atoms. The fourth-order valence-corrected chi connectivity index (χ4v) is 10.1. The summed E-state index contributed by atoms with van der Waals surface area (Å²) in [6.07, 6.45) is 0. The first kappa shape index (κ1) is 30.7. The summed E-state index contributed by atoms with van der Waals surface area (Å²) in [6, 6.07) is 67.5. The molecule has 0 fully saturated rings. The Morgan fingerprint density at radius 3 is 1.93 bits per heavy atom. The van der Waals surface area contributed by atoms with Gasteiger partial charge in [0.15, 0.2) is 0 Å². The minimum Gasteiger partial charge on any atom is -0.456 e. The minimum atomic E-state index is -0.570. The van der Waals surface area contributed by atoms with E-state index >= 15 is 0 Å². The monoisotopic (exact) mass is 725 g/mol. The fraction of sp³-hybridized carbons (Fsp3) is 0.0189. The van der Waals surface area contributed by atoms with Crippen molar-refractivity contribution in [2.75, 3.05) is 0 Å². The zero-order valence-corrected chi connectivity index (χ0v) is 30.6. The van der Waals surface area contributed by atoms with Gasteiger partial charge in [0.25, 0.3) is 0 Å². The average molecular weight is 726 g/mol. The Kier molecular flexibility index (Phi) is 6.07. The highest BCUT2D eigenvalue weighted by atomic mass is 16.5. The Bertz CT molecular complexity index is 3480. The quantitative estimate of drug-likeness (QED) is 0.178. The summed E-state index contributed by atoms with van der Waals surface area (Å²) in [7, 11) is 0. The molecule has 3 heterocycles. The Morgan fingerprint density at radius 1 is 0.456 bits per heavy atom. The van der Waals surface area contributed by atoms with Gasteiger partial charge in [0.2, 0.25) is 5.95 Å². The van der Waals surface area contributed by atoms with Crippen molar-refractivity contribution in [2.24, 2.45) is 0 Å². The number of ether oxygens (including phenoxy) is 1. The van der Waals surface area contributed by atoms with Crippen molar-refractivity contribution in [3.05, 3.63) is 210 Å². The first-order chi connectivity index (χ1) is 28.3. The van der Waals surface area contributed by atoms with Gasteiger partial charge in [0.1, 0.15) is 11.5 Å². The van der Waals surface area contributed by atoms with Gasteiger partial charge in [-0.15, -0.1) is 0 Å². The lowest BCUT2D eigenvalue weighted by Gasteiger charge is -2.39. The molecular formula is C53H31N3O. The Hall–Kier alpha value is -7.56. The number of hydrogen-bond donors (Lipinski definition) is 0. The molecule has 0 saturated heterocycles. The molecule has 2 aromatic heterocycles. The topological polar surface area (TPSA) is 39.9 Å². The second-order valence-corrected chi connectivity index (χ2v) is 15.2. The predicted molar refractivity (Wildman–Crippen MR) is 232 cm³/mol. The van der Waals surface area contributed by atoms with Crippen LogP contribution in [0, 0.1) is 0 Å². The Balaban J connectivity index is 1.18. The number of benzene rings is 9. The lowest BCUT2D eigenvalue weighted by atomic mass is 9.66. The first-order valence-electron chi connectivity index (χ1n) is 19.5. The van der Waals surface area contributed by atoms with E-state index in [0.717, 1.165) is 77.4 Å². The maximum atomic E-state index is 7.23. The molecule has 0 atom stereocenters. The molecule has 9 aromatic carbocycles. The Labute approximate surface area is 327 Å². The summed E-state index contributed by atoms with van der Waals surface area (Å²) >= 11 is 0. The summed E-state index contributed by atoms with van der Waals surface area (Å²) in [5, 5.41) is 7.82.